The van der Waals surface area contributed by atoms with E-state index in [9.17, 15) is 0 Å². The van der Waals surface area contributed by atoms with Crippen LogP contribution >= 0.6 is 11.3 Å². The third-order valence-electron chi connectivity index (χ3n) is 4.94. The predicted octanol–water partition coefficient (Wildman–Crippen LogP) is 5.05. The summed E-state index contributed by atoms with van der Waals surface area (Å²) in [6.07, 6.45) is 13.7. The van der Waals surface area contributed by atoms with Crippen molar-refractivity contribution in [3.63, 3.8) is 0 Å². The molecule has 0 atom stereocenters. The summed E-state index contributed by atoms with van der Waals surface area (Å²) in [6, 6.07) is 13.3. The van der Waals surface area contributed by atoms with Crippen molar-refractivity contribution in [2.24, 2.45) is 0 Å². The Hall–Kier alpha value is -2.39. The zero-order valence-corrected chi connectivity index (χ0v) is 19.7. The fourth-order valence-corrected chi connectivity index (χ4v) is 6.28. The number of anilines is 1. The minimum atomic E-state index is 0.264. The van der Waals surface area contributed by atoms with Gasteiger partial charge in [-0.1, -0.05) is 0 Å². The molecule has 0 radical (unpaired) electrons. The average molecular weight is 465 g/mol. The Kier molecular flexibility index (Phi) is 5.86. The van der Waals surface area contributed by atoms with Gasteiger partial charge in [-0.15, -0.1) is 0 Å². The summed E-state index contributed by atoms with van der Waals surface area (Å²) in [5, 5.41) is 2.15. The van der Waals surface area contributed by atoms with E-state index in [-0.39, 0.29) is 15.0 Å². The number of benzene rings is 1. The van der Waals surface area contributed by atoms with Gasteiger partial charge in [0, 0.05) is 0 Å². The Morgan fingerprint density at radius 2 is 1.62 bits per heavy atom. The van der Waals surface area contributed by atoms with Crippen LogP contribution in [-0.4, -0.2) is 53.4 Å². The molecule has 1 aromatic carbocycles. The first kappa shape index (κ1) is 19.9. The summed E-state index contributed by atoms with van der Waals surface area (Å²) < 4.78 is 5.01. The molecule has 0 amide bonds. The molecule has 2 aromatic rings. The fraction of sp³-hybridized carbons (Fsp3) is 0.160. The molecular formula is C25H25N2SSe+. The van der Waals surface area contributed by atoms with Crippen molar-refractivity contribution < 1.29 is 4.58 Å². The van der Waals surface area contributed by atoms with Gasteiger partial charge in [-0.3, -0.25) is 0 Å². The number of hydrogen-bond acceptors (Lipinski definition) is 2. The van der Waals surface area contributed by atoms with Crippen LogP contribution in [0.3, 0.4) is 0 Å². The monoisotopic (exact) mass is 465 g/mol. The Bertz CT molecular complexity index is 1070. The molecule has 29 heavy (non-hydrogen) atoms. The molecule has 1 aliphatic heterocycles. The maximum atomic E-state index is 2.38. The van der Waals surface area contributed by atoms with E-state index >= 15 is 0 Å². The molecule has 0 bridgehead atoms. The second-order valence-corrected chi connectivity index (χ2v) is 10.7. The second kappa shape index (κ2) is 8.54. The van der Waals surface area contributed by atoms with Crippen LogP contribution in [-0.2, 0) is 0 Å². The number of nitrogens with zero attached hydrogens (tertiary/aromatic N) is 2. The molecule has 2 aliphatic rings. The molecule has 2 heterocycles. The van der Waals surface area contributed by atoms with Crippen LogP contribution in [0.15, 0.2) is 88.3 Å². The van der Waals surface area contributed by atoms with Gasteiger partial charge in [0.05, 0.1) is 0 Å². The van der Waals surface area contributed by atoms with Gasteiger partial charge in [-0.25, -0.2) is 0 Å². The van der Waals surface area contributed by atoms with Crippen molar-refractivity contribution in [2.75, 3.05) is 33.1 Å². The Labute approximate surface area is 183 Å². The van der Waals surface area contributed by atoms with Crippen molar-refractivity contribution in [3.05, 3.63) is 98.7 Å². The summed E-state index contributed by atoms with van der Waals surface area (Å²) in [5.74, 6) is 0. The number of rotatable bonds is 3. The first-order valence-corrected chi connectivity index (χ1v) is 12.2. The van der Waals surface area contributed by atoms with Crippen molar-refractivity contribution in [3.8, 4) is 0 Å². The van der Waals surface area contributed by atoms with E-state index in [1.165, 1.54) is 41.9 Å². The molecule has 0 saturated heterocycles. The molecule has 0 saturated carbocycles. The number of thiophene rings is 1. The topological polar surface area (TPSA) is 6.25 Å². The maximum absolute atomic E-state index is 2.38. The Morgan fingerprint density at radius 3 is 2.21 bits per heavy atom. The van der Waals surface area contributed by atoms with Crippen molar-refractivity contribution in [1.29, 1.82) is 0 Å². The van der Waals surface area contributed by atoms with E-state index < -0.39 is 0 Å². The zero-order valence-electron chi connectivity index (χ0n) is 17.2. The summed E-state index contributed by atoms with van der Waals surface area (Å²) in [6.45, 7) is 0. The van der Waals surface area contributed by atoms with Gasteiger partial charge in [0.15, 0.2) is 0 Å². The average Bonchev–Trinajstić information content (AvgIpc) is 3.28. The van der Waals surface area contributed by atoms with E-state index in [2.05, 4.69) is 116 Å². The van der Waals surface area contributed by atoms with Crippen LogP contribution in [0.25, 0.3) is 10.0 Å². The van der Waals surface area contributed by atoms with Crippen molar-refractivity contribution in [1.82, 2.24) is 0 Å². The third-order valence-corrected chi connectivity index (χ3v) is 8.26. The first-order valence-electron chi connectivity index (χ1n) is 9.59. The SMILES string of the molecule is CN(C)c1ccc(C2=CC(c3cccs3)=CC(=C3C=CC(=[N+](C)C)C=C3)[Se]2)cc1. The molecular weight excluding hydrogens is 439 g/mol. The van der Waals surface area contributed by atoms with Crippen molar-refractivity contribution in [2.45, 2.75) is 0 Å². The van der Waals surface area contributed by atoms with Gasteiger partial charge in [-0.2, -0.15) is 0 Å². The van der Waals surface area contributed by atoms with Gasteiger partial charge < -0.3 is 0 Å². The summed E-state index contributed by atoms with van der Waals surface area (Å²) in [5.41, 5.74) is 6.41. The molecule has 1 aromatic heterocycles. The van der Waals surface area contributed by atoms with Gasteiger partial charge >= 0.3 is 184 Å². The zero-order chi connectivity index (χ0) is 20.4. The molecule has 146 valence electrons. The molecule has 1 aliphatic carbocycles. The van der Waals surface area contributed by atoms with E-state index in [0.717, 1.165) is 0 Å². The van der Waals surface area contributed by atoms with Crippen LogP contribution in [0.2, 0.25) is 0 Å². The third kappa shape index (κ3) is 4.45. The van der Waals surface area contributed by atoms with Crippen LogP contribution in [0.5, 0.6) is 0 Å². The molecule has 2 nitrogen and oxygen atoms in total. The van der Waals surface area contributed by atoms with Gasteiger partial charge in [-0.05, 0) is 0 Å². The van der Waals surface area contributed by atoms with Crippen LogP contribution in [0, 0.1) is 0 Å². The summed E-state index contributed by atoms with van der Waals surface area (Å²) in [4.78, 5) is 3.47. The second-order valence-electron chi connectivity index (χ2n) is 7.43. The Balaban J connectivity index is 1.75. The van der Waals surface area contributed by atoms with Gasteiger partial charge in [0.2, 0.25) is 0 Å². The van der Waals surface area contributed by atoms with Crippen molar-refractivity contribution >= 4 is 47.7 Å². The predicted molar refractivity (Wildman–Crippen MR) is 129 cm³/mol. The van der Waals surface area contributed by atoms with Crippen LogP contribution in [0.4, 0.5) is 5.69 Å². The van der Waals surface area contributed by atoms with E-state index in [1.807, 2.05) is 0 Å². The molecule has 0 fully saturated rings. The molecule has 4 heteroatoms. The summed E-state index contributed by atoms with van der Waals surface area (Å²) >= 11 is 2.07. The fourth-order valence-electron chi connectivity index (χ4n) is 3.22. The first-order chi connectivity index (χ1) is 14.0. The normalized spacial score (nSPS) is 16.1. The van der Waals surface area contributed by atoms with Crippen LogP contribution in [0.1, 0.15) is 10.4 Å². The Morgan fingerprint density at radius 1 is 0.897 bits per heavy atom. The van der Waals surface area contributed by atoms with Gasteiger partial charge in [0.1, 0.15) is 0 Å². The quantitative estimate of drug-likeness (QED) is 0.455. The molecule has 0 unspecified atom stereocenters. The molecule has 4 rings (SSSR count). The molecule has 0 N–H and O–H groups in total. The van der Waals surface area contributed by atoms with E-state index in [0.29, 0.717) is 0 Å². The summed E-state index contributed by atoms with van der Waals surface area (Å²) in [7, 11) is 8.33. The minimum absolute atomic E-state index is 0.264. The molecule has 0 spiro atoms. The van der Waals surface area contributed by atoms with Gasteiger partial charge in [0.25, 0.3) is 0 Å². The van der Waals surface area contributed by atoms with E-state index in [4.69, 9.17) is 0 Å². The number of allylic oxidation sites excluding steroid dienone is 9. The number of hydrogen-bond donors (Lipinski definition) is 0. The standard InChI is InChI=1S/C25H25N2SSe/c1-26(2)21-11-7-18(8-12-21)24-16-20(23-6-5-15-28-23)17-25(29-24)19-9-13-22(14-10-19)27(3)4/h5-17H,1-4H3/q+1. The van der Waals surface area contributed by atoms with Crippen LogP contribution < -0.4 is 4.90 Å². The van der Waals surface area contributed by atoms with E-state index in [1.54, 1.807) is 11.3 Å².